The molecule has 1 aliphatic rings. The van der Waals surface area contributed by atoms with E-state index in [1.165, 1.54) is 12.1 Å². The van der Waals surface area contributed by atoms with Crippen LogP contribution in [-0.4, -0.2) is 36.3 Å². The lowest BCUT2D eigenvalue weighted by Crippen LogP contribution is -2.33. The molecule has 0 saturated carbocycles. The highest BCUT2D eigenvalue weighted by Crippen LogP contribution is 2.35. The van der Waals surface area contributed by atoms with E-state index in [2.05, 4.69) is 20.2 Å². The van der Waals surface area contributed by atoms with Crippen LogP contribution in [0.2, 0.25) is 0 Å². The predicted octanol–water partition coefficient (Wildman–Crippen LogP) is 4.39. The molecule has 6 nitrogen and oxygen atoms in total. The van der Waals surface area contributed by atoms with Crippen molar-refractivity contribution >= 4 is 23.1 Å². The van der Waals surface area contributed by atoms with Crippen LogP contribution in [0, 0.1) is 0 Å². The fraction of sp³-hybridized carbons (Fsp3) is 0.500. The third kappa shape index (κ3) is 5.09. The van der Waals surface area contributed by atoms with Gasteiger partial charge in [0.2, 0.25) is 5.95 Å². The Hall–Kier alpha value is -2.55. The number of benzene rings is 1. The summed E-state index contributed by atoms with van der Waals surface area (Å²) >= 11 is 0. The molecule has 9 heteroatoms. The molecule has 0 bridgehead atoms. The monoisotopic (exact) mass is 409 g/mol. The fourth-order valence-corrected chi connectivity index (χ4v) is 3.58. The number of ether oxygens (including phenoxy) is 1. The molecule has 1 aromatic carbocycles. The van der Waals surface area contributed by atoms with Crippen LogP contribution in [0.15, 0.2) is 24.3 Å². The highest BCUT2D eigenvalue weighted by atomic mass is 19.4. The van der Waals surface area contributed by atoms with Gasteiger partial charge in [-0.15, -0.1) is 0 Å². The molecule has 3 N–H and O–H groups in total. The van der Waals surface area contributed by atoms with Crippen molar-refractivity contribution in [3.8, 4) is 0 Å². The second-order valence-corrected chi connectivity index (χ2v) is 7.16. The van der Waals surface area contributed by atoms with E-state index in [9.17, 15) is 13.2 Å². The third-order valence-corrected chi connectivity index (χ3v) is 4.92. The number of nitrogen functional groups attached to an aromatic ring is 1. The van der Waals surface area contributed by atoms with Gasteiger partial charge in [-0.25, -0.2) is 4.98 Å². The summed E-state index contributed by atoms with van der Waals surface area (Å²) in [5, 5.41) is 2.92. The Morgan fingerprint density at radius 3 is 2.76 bits per heavy atom. The predicted molar refractivity (Wildman–Crippen MR) is 107 cm³/mol. The molecule has 1 aliphatic heterocycles. The summed E-state index contributed by atoms with van der Waals surface area (Å²) in [6.45, 7) is 3.51. The Balaban J connectivity index is 1.92. The number of alkyl halides is 3. The summed E-state index contributed by atoms with van der Waals surface area (Å²) < 4.78 is 44.8. The SMILES string of the molecule is CCCc1cc(N2CCCC2COC)nc(Nc2ccc(N)c(C(F)(F)F)c2)n1. The van der Waals surface area contributed by atoms with Crippen LogP contribution in [0.1, 0.15) is 37.4 Å². The summed E-state index contributed by atoms with van der Waals surface area (Å²) in [6.07, 6.45) is -0.825. The number of methoxy groups -OCH3 is 1. The van der Waals surface area contributed by atoms with E-state index in [-0.39, 0.29) is 23.4 Å². The largest absolute Gasteiger partial charge is 0.418 e. The minimum atomic E-state index is -4.53. The van der Waals surface area contributed by atoms with Crippen LogP contribution >= 0.6 is 0 Å². The van der Waals surface area contributed by atoms with Gasteiger partial charge >= 0.3 is 6.18 Å². The molecular formula is C20H26F3N5O. The second-order valence-electron chi connectivity index (χ2n) is 7.16. The summed E-state index contributed by atoms with van der Waals surface area (Å²) in [6, 6.07) is 5.88. The van der Waals surface area contributed by atoms with Gasteiger partial charge in [-0.2, -0.15) is 18.2 Å². The van der Waals surface area contributed by atoms with E-state index in [4.69, 9.17) is 10.5 Å². The molecule has 1 fully saturated rings. The van der Waals surface area contributed by atoms with Crippen molar-refractivity contribution in [1.29, 1.82) is 0 Å². The van der Waals surface area contributed by atoms with E-state index in [1.54, 1.807) is 7.11 Å². The minimum Gasteiger partial charge on any atom is -0.398 e. The molecule has 1 unspecified atom stereocenters. The topological polar surface area (TPSA) is 76.3 Å². The Morgan fingerprint density at radius 1 is 1.28 bits per heavy atom. The smallest absolute Gasteiger partial charge is 0.398 e. The first-order valence-electron chi connectivity index (χ1n) is 9.69. The first-order valence-corrected chi connectivity index (χ1v) is 9.69. The van der Waals surface area contributed by atoms with Gasteiger partial charge in [-0.1, -0.05) is 13.3 Å². The Labute approximate surface area is 168 Å². The van der Waals surface area contributed by atoms with Crippen LogP contribution in [0.25, 0.3) is 0 Å². The van der Waals surface area contributed by atoms with E-state index in [0.717, 1.165) is 49.8 Å². The average Bonchev–Trinajstić information content (AvgIpc) is 3.11. The van der Waals surface area contributed by atoms with Gasteiger partial charge < -0.3 is 20.7 Å². The van der Waals surface area contributed by atoms with Crippen LogP contribution in [0.4, 0.5) is 36.3 Å². The van der Waals surface area contributed by atoms with Gasteiger partial charge in [0, 0.05) is 36.8 Å². The number of anilines is 4. The van der Waals surface area contributed by atoms with Gasteiger partial charge in [0.15, 0.2) is 0 Å². The second kappa shape index (κ2) is 8.86. The highest BCUT2D eigenvalue weighted by Gasteiger charge is 2.33. The molecule has 2 heterocycles. The van der Waals surface area contributed by atoms with Crippen LogP contribution in [-0.2, 0) is 17.3 Å². The lowest BCUT2D eigenvalue weighted by Gasteiger charge is -2.26. The normalized spacial score (nSPS) is 17.0. The number of hydrogen-bond donors (Lipinski definition) is 2. The number of nitrogens with zero attached hydrogens (tertiary/aromatic N) is 3. The van der Waals surface area contributed by atoms with E-state index in [0.29, 0.717) is 6.61 Å². The number of aryl methyl sites for hydroxylation is 1. The van der Waals surface area contributed by atoms with Crippen LogP contribution < -0.4 is 16.0 Å². The first kappa shape index (κ1) is 21.2. The zero-order chi connectivity index (χ0) is 21.0. The van der Waals surface area contributed by atoms with E-state index < -0.39 is 11.7 Å². The van der Waals surface area contributed by atoms with Crippen molar-refractivity contribution in [2.75, 3.05) is 36.2 Å². The molecule has 0 spiro atoms. The molecule has 3 rings (SSSR count). The lowest BCUT2D eigenvalue weighted by molar-refractivity contribution is -0.136. The average molecular weight is 409 g/mol. The molecule has 158 valence electrons. The van der Waals surface area contributed by atoms with E-state index in [1.807, 2.05) is 13.0 Å². The van der Waals surface area contributed by atoms with Gasteiger partial charge in [-0.3, -0.25) is 0 Å². The summed E-state index contributed by atoms with van der Waals surface area (Å²) in [7, 11) is 1.67. The van der Waals surface area contributed by atoms with Crippen molar-refractivity contribution in [3.63, 3.8) is 0 Å². The molecule has 29 heavy (non-hydrogen) atoms. The first-order chi connectivity index (χ1) is 13.8. The Kier molecular flexibility index (Phi) is 6.46. The molecule has 2 aromatic rings. The maximum Gasteiger partial charge on any atom is 0.418 e. The molecule has 0 aliphatic carbocycles. The number of nitrogens with one attached hydrogen (secondary N) is 1. The minimum absolute atomic E-state index is 0.227. The van der Waals surface area contributed by atoms with Gasteiger partial charge in [0.1, 0.15) is 5.82 Å². The molecule has 0 amide bonds. The van der Waals surface area contributed by atoms with Gasteiger partial charge in [0.05, 0.1) is 18.2 Å². The number of aromatic nitrogens is 2. The number of nitrogens with two attached hydrogens (primary N) is 1. The lowest BCUT2D eigenvalue weighted by atomic mass is 10.1. The van der Waals surface area contributed by atoms with Gasteiger partial charge in [0.25, 0.3) is 0 Å². The van der Waals surface area contributed by atoms with Crippen molar-refractivity contribution in [3.05, 3.63) is 35.5 Å². The third-order valence-electron chi connectivity index (χ3n) is 4.92. The Morgan fingerprint density at radius 2 is 2.07 bits per heavy atom. The van der Waals surface area contributed by atoms with E-state index >= 15 is 0 Å². The molecule has 1 atom stereocenters. The summed E-state index contributed by atoms with van der Waals surface area (Å²) in [5.74, 6) is 1.03. The molecule has 0 radical (unpaired) electrons. The highest BCUT2D eigenvalue weighted by molar-refractivity contribution is 5.63. The zero-order valence-electron chi connectivity index (χ0n) is 16.6. The van der Waals surface area contributed by atoms with Gasteiger partial charge in [-0.05, 0) is 37.5 Å². The van der Waals surface area contributed by atoms with Crippen molar-refractivity contribution in [1.82, 2.24) is 9.97 Å². The van der Waals surface area contributed by atoms with Crippen LogP contribution in [0.5, 0.6) is 0 Å². The van der Waals surface area contributed by atoms with Crippen molar-refractivity contribution < 1.29 is 17.9 Å². The number of rotatable bonds is 7. The Bertz CT molecular complexity index is 843. The van der Waals surface area contributed by atoms with Crippen molar-refractivity contribution in [2.45, 2.75) is 44.8 Å². The summed E-state index contributed by atoms with van der Waals surface area (Å²) in [4.78, 5) is 11.2. The van der Waals surface area contributed by atoms with Crippen LogP contribution in [0.3, 0.4) is 0 Å². The maximum absolute atomic E-state index is 13.2. The quantitative estimate of drug-likeness (QED) is 0.661. The number of halogens is 3. The fourth-order valence-electron chi connectivity index (χ4n) is 3.58. The maximum atomic E-state index is 13.2. The van der Waals surface area contributed by atoms with Crippen molar-refractivity contribution in [2.24, 2.45) is 0 Å². The number of hydrogen-bond acceptors (Lipinski definition) is 6. The molecular weight excluding hydrogens is 383 g/mol. The molecule has 1 saturated heterocycles. The molecule has 1 aromatic heterocycles. The standard InChI is InChI=1S/C20H26F3N5O/c1-3-5-13-11-18(28-9-4-6-15(28)12-29-2)27-19(25-13)26-14-7-8-17(24)16(10-14)20(21,22)23/h7-8,10-11,15H,3-6,9,12,24H2,1-2H3,(H,25,26,27). The summed E-state index contributed by atoms with van der Waals surface area (Å²) in [5.41, 5.74) is 5.37. The zero-order valence-corrected chi connectivity index (χ0v) is 16.6.